The zero-order valence-corrected chi connectivity index (χ0v) is 19.0. The van der Waals surface area contributed by atoms with Gasteiger partial charge in [-0.3, -0.25) is 9.69 Å². The molecule has 1 aromatic heterocycles. The maximum atomic E-state index is 13.0. The van der Waals surface area contributed by atoms with Gasteiger partial charge in [0.25, 0.3) is 0 Å². The van der Waals surface area contributed by atoms with Crippen LogP contribution in [0, 0.1) is 0 Å². The van der Waals surface area contributed by atoms with Crippen LogP contribution in [0.15, 0.2) is 42.5 Å². The average molecular weight is 437 g/mol. The summed E-state index contributed by atoms with van der Waals surface area (Å²) in [5.74, 6) is 0.177. The first-order chi connectivity index (χ1) is 15.0. The molecule has 1 fully saturated rings. The van der Waals surface area contributed by atoms with E-state index < -0.39 is 0 Å². The fourth-order valence-corrected chi connectivity index (χ4v) is 5.07. The highest BCUT2D eigenvalue weighted by molar-refractivity contribution is 6.30. The lowest BCUT2D eigenvalue weighted by Crippen LogP contribution is -2.50. The number of hydrogen-bond donors (Lipinski definition) is 1. The van der Waals surface area contributed by atoms with Crippen LogP contribution in [-0.4, -0.2) is 47.6 Å². The van der Waals surface area contributed by atoms with Crippen molar-refractivity contribution in [3.63, 3.8) is 0 Å². The number of aryl methyl sites for hydroxylation is 1. The molecule has 0 bridgehead atoms. The Hall–Kier alpha value is -2.34. The van der Waals surface area contributed by atoms with E-state index in [1.807, 2.05) is 17.0 Å². The molecule has 2 aliphatic rings. The van der Waals surface area contributed by atoms with E-state index in [0.717, 1.165) is 49.7 Å². The second-order valence-corrected chi connectivity index (χ2v) is 9.31. The molecule has 0 aliphatic carbocycles. The number of rotatable bonds is 4. The van der Waals surface area contributed by atoms with Crippen LogP contribution in [0.5, 0.6) is 0 Å². The number of hydrogen-bond acceptors (Lipinski definition) is 3. The molecular formula is C25H29ClN4O. The molecule has 5 nitrogen and oxygen atoms in total. The van der Waals surface area contributed by atoms with Crippen LogP contribution < -0.4 is 10.2 Å². The van der Waals surface area contributed by atoms with Crippen molar-refractivity contribution in [2.75, 3.05) is 31.1 Å². The van der Waals surface area contributed by atoms with Crippen LogP contribution in [0.2, 0.25) is 5.02 Å². The highest BCUT2D eigenvalue weighted by Crippen LogP contribution is 2.32. The highest BCUT2D eigenvalue weighted by atomic mass is 35.5. The standard InChI is InChI=1S/C25H29ClN4O/c1-17-13-23-22(15-27-17)21-8-7-20(14-24(21)28(23)2)30-12-11-29(16-25(30)31)10-9-18-3-5-19(26)6-4-18/h3-8,14,17,27H,9-13,15-16H2,1-2H3. The fourth-order valence-electron chi connectivity index (χ4n) is 4.94. The zero-order chi connectivity index (χ0) is 21.5. The van der Waals surface area contributed by atoms with Crippen molar-refractivity contribution in [2.24, 2.45) is 7.05 Å². The lowest BCUT2D eigenvalue weighted by molar-refractivity contribution is -0.121. The van der Waals surface area contributed by atoms with Gasteiger partial charge >= 0.3 is 0 Å². The maximum Gasteiger partial charge on any atom is 0.241 e. The molecule has 162 valence electrons. The van der Waals surface area contributed by atoms with Crippen molar-refractivity contribution in [2.45, 2.75) is 32.4 Å². The van der Waals surface area contributed by atoms with Gasteiger partial charge in [-0.25, -0.2) is 0 Å². The molecule has 6 heteroatoms. The van der Waals surface area contributed by atoms with E-state index in [1.165, 1.54) is 27.7 Å². The predicted molar refractivity (Wildman–Crippen MR) is 127 cm³/mol. The van der Waals surface area contributed by atoms with Gasteiger partial charge in [-0.15, -0.1) is 0 Å². The van der Waals surface area contributed by atoms with Crippen molar-refractivity contribution in [3.05, 3.63) is 64.3 Å². The van der Waals surface area contributed by atoms with Crippen molar-refractivity contribution >= 4 is 34.1 Å². The molecule has 1 N–H and O–H groups in total. The largest absolute Gasteiger partial charge is 0.347 e. The molecule has 5 rings (SSSR count). The van der Waals surface area contributed by atoms with Gasteiger partial charge in [0.15, 0.2) is 0 Å². The number of amides is 1. The van der Waals surface area contributed by atoms with Gasteiger partial charge in [-0.05, 0) is 48.7 Å². The van der Waals surface area contributed by atoms with Crippen LogP contribution in [0.3, 0.4) is 0 Å². The number of carbonyl (C=O) groups excluding carboxylic acids is 1. The summed E-state index contributed by atoms with van der Waals surface area (Å²) in [6, 6.07) is 15.0. The van der Waals surface area contributed by atoms with Gasteiger partial charge < -0.3 is 14.8 Å². The normalized spacial score (nSPS) is 19.8. The molecule has 31 heavy (non-hydrogen) atoms. The van der Waals surface area contributed by atoms with Gasteiger partial charge in [0.05, 0.1) is 12.1 Å². The lowest BCUT2D eigenvalue weighted by Gasteiger charge is -2.34. The van der Waals surface area contributed by atoms with Gasteiger partial charge in [-0.2, -0.15) is 0 Å². The summed E-state index contributed by atoms with van der Waals surface area (Å²) in [4.78, 5) is 17.2. The van der Waals surface area contributed by atoms with Crippen molar-refractivity contribution < 1.29 is 4.79 Å². The Labute approximate surface area is 188 Å². The van der Waals surface area contributed by atoms with Crippen molar-refractivity contribution in [1.82, 2.24) is 14.8 Å². The Morgan fingerprint density at radius 3 is 2.71 bits per heavy atom. The van der Waals surface area contributed by atoms with E-state index in [-0.39, 0.29) is 5.91 Å². The Kier molecular flexibility index (Phi) is 5.51. The molecular weight excluding hydrogens is 408 g/mol. The summed E-state index contributed by atoms with van der Waals surface area (Å²) in [6.45, 7) is 6.12. The molecule has 1 unspecified atom stereocenters. The van der Waals surface area contributed by atoms with Gasteiger partial charge in [-0.1, -0.05) is 29.8 Å². The third-order valence-electron chi connectivity index (χ3n) is 6.79. The number of fused-ring (bicyclic) bond motifs is 3. The molecule has 1 saturated heterocycles. The minimum atomic E-state index is 0.177. The van der Waals surface area contributed by atoms with E-state index in [1.54, 1.807) is 0 Å². The fraction of sp³-hybridized carbons (Fsp3) is 0.400. The zero-order valence-electron chi connectivity index (χ0n) is 18.2. The van der Waals surface area contributed by atoms with Crippen LogP contribution in [0.1, 0.15) is 23.7 Å². The molecule has 3 aromatic rings. The molecule has 2 aromatic carbocycles. The third kappa shape index (κ3) is 3.98. The maximum absolute atomic E-state index is 13.0. The monoisotopic (exact) mass is 436 g/mol. The molecule has 0 saturated carbocycles. The Morgan fingerprint density at radius 1 is 1.13 bits per heavy atom. The Morgan fingerprint density at radius 2 is 1.94 bits per heavy atom. The number of halogens is 1. The third-order valence-corrected chi connectivity index (χ3v) is 7.04. The highest BCUT2D eigenvalue weighted by Gasteiger charge is 2.26. The van der Waals surface area contributed by atoms with Crippen LogP contribution in [-0.2, 0) is 31.2 Å². The first-order valence-corrected chi connectivity index (χ1v) is 11.5. The first kappa shape index (κ1) is 20.6. The Bertz CT molecular complexity index is 1120. The number of anilines is 1. The smallest absolute Gasteiger partial charge is 0.241 e. The average Bonchev–Trinajstić information content (AvgIpc) is 3.04. The summed E-state index contributed by atoms with van der Waals surface area (Å²) in [5.41, 5.74) is 6.30. The molecule has 0 spiro atoms. The molecule has 3 heterocycles. The van der Waals surface area contributed by atoms with Crippen LogP contribution in [0.25, 0.3) is 10.9 Å². The van der Waals surface area contributed by atoms with E-state index in [4.69, 9.17) is 11.6 Å². The summed E-state index contributed by atoms with van der Waals surface area (Å²) in [5, 5.41) is 5.63. The first-order valence-electron chi connectivity index (χ1n) is 11.1. The van der Waals surface area contributed by atoms with Gasteiger partial charge in [0.1, 0.15) is 0 Å². The lowest BCUT2D eigenvalue weighted by atomic mass is 10.0. The quantitative estimate of drug-likeness (QED) is 0.677. The summed E-state index contributed by atoms with van der Waals surface area (Å²) in [6.07, 6.45) is 1.97. The van der Waals surface area contributed by atoms with Crippen molar-refractivity contribution in [1.29, 1.82) is 0 Å². The number of benzene rings is 2. The van der Waals surface area contributed by atoms with E-state index in [2.05, 4.69) is 59.1 Å². The number of nitrogens with zero attached hydrogens (tertiary/aromatic N) is 3. The number of piperazine rings is 1. The second-order valence-electron chi connectivity index (χ2n) is 8.87. The van der Waals surface area contributed by atoms with E-state index in [9.17, 15) is 4.79 Å². The topological polar surface area (TPSA) is 40.5 Å². The van der Waals surface area contributed by atoms with E-state index >= 15 is 0 Å². The predicted octanol–water partition coefficient (Wildman–Crippen LogP) is 3.76. The minimum Gasteiger partial charge on any atom is -0.347 e. The minimum absolute atomic E-state index is 0.177. The van der Waals surface area contributed by atoms with E-state index in [0.29, 0.717) is 12.6 Å². The molecule has 2 aliphatic heterocycles. The number of aromatic nitrogens is 1. The van der Waals surface area contributed by atoms with Crippen molar-refractivity contribution in [3.8, 4) is 0 Å². The summed E-state index contributed by atoms with van der Waals surface area (Å²) < 4.78 is 2.32. The second kappa shape index (κ2) is 8.30. The summed E-state index contributed by atoms with van der Waals surface area (Å²) >= 11 is 5.97. The SMILES string of the molecule is CC1Cc2c(c3ccc(N4CCN(CCc5ccc(Cl)cc5)CC4=O)cc3n2C)CN1. The number of carbonyl (C=O) groups is 1. The Balaban J connectivity index is 1.29. The molecule has 1 atom stereocenters. The van der Waals surface area contributed by atoms with Gasteiger partial charge in [0, 0.05) is 67.5 Å². The summed E-state index contributed by atoms with van der Waals surface area (Å²) in [7, 11) is 2.15. The van der Waals surface area contributed by atoms with Crippen LogP contribution in [0.4, 0.5) is 5.69 Å². The molecule has 0 radical (unpaired) electrons. The van der Waals surface area contributed by atoms with Gasteiger partial charge in [0.2, 0.25) is 5.91 Å². The number of nitrogens with one attached hydrogen (secondary N) is 1. The van der Waals surface area contributed by atoms with Crippen LogP contribution >= 0.6 is 11.6 Å². The molecule has 1 amide bonds.